The molecule has 0 spiro atoms. The SMILES string of the molecule is O=C(O)c1coc(C(=O)NC2CC3CCC2O3)c1. The van der Waals surface area contributed by atoms with Crippen molar-refractivity contribution in [3.05, 3.63) is 23.7 Å². The Morgan fingerprint density at radius 3 is 2.78 bits per heavy atom. The molecule has 3 heterocycles. The summed E-state index contributed by atoms with van der Waals surface area (Å²) in [5.74, 6) is -1.47. The molecule has 2 aliphatic heterocycles. The molecule has 6 nitrogen and oxygen atoms in total. The zero-order chi connectivity index (χ0) is 12.7. The summed E-state index contributed by atoms with van der Waals surface area (Å²) in [6.45, 7) is 0. The maximum Gasteiger partial charge on any atom is 0.338 e. The average molecular weight is 251 g/mol. The summed E-state index contributed by atoms with van der Waals surface area (Å²) in [6.07, 6.45) is 4.26. The molecule has 0 aliphatic carbocycles. The van der Waals surface area contributed by atoms with Crippen LogP contribution in [-0.2, 0) is 4.74 Å². The van der Waals surface area contributed by atoms with E-state index in [0.717, 1.165) is 25.5 Å². The van der Waals surface area contributed by atoms with E-state index >= 15 is 0 Å². The summed E-state index contributed by atoms with van der Waals surface area (Å²) in [5, 5.41) is 11.6. The van der Waals surface area contributed by atoms with Gasteiger partial charge in [0, 0.05) is 6.07 Å². The number of amides is 1. The lowest BCUT2D eigenvalue weighted by molar-refractivity contribution is 0.0695. The predicted octanol–water partition coefficient (Wildman–Crippen LogP) is 1.03. The highest BCUT2D eigenvalue weighted by atomic mass is 16.5. The van der Waals surface area contributed by atoms with Crippen LogP contribution in [0.15, 0.2) is 16.7 Å². The first-order valence-electron chi connectivity index (χ1n) is 5.91. The van der Waals surface area contributed by atoms with Crippen LogP contribution in [-0.4, -0.2) is 35.2 Å². The maximum atomic E-state index is 11.9. The van der Waals surface area contributed by atoms with E-state index in [2.05, 4.69) is 5.32 Å². The lowest BCUT2D eigenvalue weighted by Gasteiger charge is -2.19. The Hall–Kier alpha value is -1.82. The number of furan rings is 1. The van der Waals surface area contributed by atoms with Gasteiger partial charge >= 0.3 is 5.97 Å². The molecular formula is C12H13NO5. The zero-order valence-electron chi connectivity index (χ0n) is 9.59. The summed E-state index contributed by atoms with van der Waals surface area (Å²) >= 11 is 0. The zero-order valence-corrected chi connectivity index (χ0v) is 9.59. The second-order valence-electron chi connectivity index (χ2n) is 4.69. The topological polar surface area (TPSA) is 88.8 Å². The molecule has 6 heteroatoms. The fraction of sp³-hybridized carbons (Fsp3) is 0.500. The third-order valence-corrected chi connectivity index (χ3v) is 3.49. The predicted molar refractivity (Wildman–Crippen MR) is 59.4 cm³/mol. The maximum absolute atomic E-state index is 11.9. The molecule has 0 radical (unpaired) electrons. The molecule has 3 unspecified atom stereocenters. The first kappa shape index (κ1) is 11.3. The molecule has 2 aliphatic rings. The van der Waals surface area contributed by atoms with Crippen molar-refractivity contribution in [1.82, 2.24) is 5.32 Å². The fourth-order valence-corrected chi connectivity index (χ4v) is 2.60. The minimum Gasteiger partial charge on any atom is -0.478 e. The number of fused-ring (bicyclic) bond motifs is 2. The Balaban J connectivity index is 1.65. The summed E-state index contributed by atoms with van der Waals surface area (Å²) in [6, 6.07) is 1.24. The van der Waals surface area contributed by atoms with Gasteiger partial charge in [0.25, 0.3) is 5.91 Å². The molecule has 2 saturated heterocycles. The summed E-state index contributed by atoms with van der Waals surface area (Å²) in [4.78, 5) is 22.5. The first-order chi connectivity index (χ1) is 8.63. The van der Waals surface area contributed by atoms with Crippen molar-refractivity contribution in [3.63, 3.8) is 0 Å². The lowest BCUT2D eigenvalue weighted by atomic mass is 9.95. The van der Waals surface area contributed by atoms with Crippen molar-refractivity contribution in [3.8, 4) is 0 Å². The summed E-state index contributed by atoms with van der Waals surface area (Å²) in [5.41, 5.74) is -0.0238. The van der Waals surface area contributed by atoms with E-state index in [1.165, 1.54) is 6.07 Å². The average Bonchev–Trinajstić information content (AvgIpc) is 3.04. The van der Waals surface area contributed by atoms with Gasteiger partial charge in [-0.15, -0.1) is 0 Å². The molecule has 96 valence electrons. The molecular weight excluding hydrogens is 238 g/mol. The van der Waals surface area contributed by atoms with E-state index in [9.17, 15) is 9.59 Å². The number of ether oxygens (including phenoxy) is 1. The first-order valence-corrected chi connectivity index (χ1v) is 5.91. The lowest BCUT2D eigenvalue weighted by Crippen LogP contribution is -2.41. The second-order valence-corrected chi connectivity index (χ2v) is 4.69. The standard InChI is InChI=1S/C12H13NO5/c14-11(10-3-6(5-17-10)12(15)16)13-8-4-7-1-2-9(8)18-7/h3,5,7-9H,1-2,4H2,(H,13,14)(H,15,16). The monoisotopic (exact) mass is 251 g/mol. The van der Waals surface area contributed by atoms with Gasteiger partial charge in [0.1, 0.15) is 6.26 Å². The van der Waals surface area contributed by atoms with Crippen molar-refractivity contribution < 1.29 is 23.8 Å². The number of carbonyl (C=O) groups excluding carboxylic acids is 1. The number of hydrogen-bond acceptors (Lipinski definition) is 4. The van der Waals surface area contributed by atoms with Crippen LogP contribution < -0.4 is 5.32 Å². The van der Waals surface area contributed by atoms with Crippen molar-refractivity contribution in [2.75, 3.05) is 0 Å². The summed E-state index contributed by atoms with van der Waals surface area (Å²) < 4.78 is 10.6. The summed E-state index contributed by atoms with van der Waals surface area (Å²) in [7, 11) is 0. The van der Waals surface area contributed by atoms with Crippen molar-refractivity contribution in [1.29, 1.82) is 0 Å². The van der Waals surface area contributed by atoms with Crippen LogP contribution in [0, 0.1) is 0 Å². The number of rotatable bonds is 3. The molecule has 18 heavy (non-hydrogen) atoms. The number of aromatic carboxylic acids is 1. The highest BCUT2D eigenvalue weighted by Gasteiger charge is 2.41. The Morgan fingerprint density at radius 1 is 1.39 bits per heavy atom. The van der Waals surface area contributed by atoms with Crippen molar-refractivity contribution in [2.45, 2.75) is 37.5 Å². The molecule has 2 fully saturated rings. The number of carbonyl (C=O) groups is 2. The highest BCUT2D eigenvalue weighted by Crippen LogP contribution is 2.34. The molecule has 2 N–H and O–H groups in total. The number of carboxylic acid groups (broad SMARTS) is 1. The van der Waals surface area contributed by atoms with Crippen LogP contribution in [0.2, 0.25) is 0 Å². The Morgan fingerprint density at radius 2 is 2.22 bits per heavy atom. The normalized spacial score (nSPS) is 29.4. The van der Waals surface area contributed by atoms with Gasteiger partial charge in [-0.3, -0.25) is 4.79 Å². The van der Waals surface area contributed by atoms with Crippen LogP contribution in [0.3, 0.4) is 0 Å². The van der Waals surface area contributed by atoms with Crippen molar-refractivity contribution in [2.24, 2.45) is 0 Å². The van der Waals surface area contributed by atoms with Gasteiger partial charge in [0.05, 0.1) is 23.8 Å². The van der Waals surface area contributed by atoms with Gasteiger partial charge in [-0.25, -0.2) is 4.79 Å². The van der Waals surface area contributed by atoms with Crippen LogP contribution in [0.5, 0.6) is 0 Å². The molecule has 3 rings (SSSR count). The number of nitrogens with one attached hydrogen (secondary N) is 1. The number of carboxylic acids is 1. The molecule has 2 bridgehead atoms. The van der Waals surface area contributed by atoms with Gasteiger partial charge in [-0.2, -0.15) is 0 Å². The molecule has 1 aromatic rings. The molecule has 0 aromatic carbocycles. The largest absolute Gasteiger partial charge is 0.478 e. The highest BCUT2D eigenvalue weighted by molar-refractivity contribution is 5.95. The van der Waals surface area contributed by atoms with E-state index in [1.54, 1.807) is 0 Å². The quantitative estimate of drug-likeness (QED) is 0.837. The molecule has 3 atom stereocenters. The second kappa shape index (κ2) is 4.13. The smallest absolute Gasteiger partial charge is 0.338 e. The van der Waals surface area contributed by atoms with Gasteiger partial charge in [-0.1, -0.05) is 0 Å². The molecule has 1 aromatic heterocycles. The molecule has 0 saturated carbocycles. The third-order valence-electron chi connectivity index (χ3n) is 3.49. The van der Waals surface area contributed by atoms with Crippen LogP contribution in [0.4, 0.5) is 0 Å². The van der Waals surface area contributed by atoms with E-state index in [0.29, 0.717) is 0 Å². The number of hydrogen-bond donors (Lipinski definition) is 2. The van der Waals surface area contributed by atoms with Gasteiger partial charge in [0.2, 0.25) is 0 Å². The van der Waals surface area contributed by atoms with Crippen LogP contribution in [0.1, 0.15) is 40.2 Å². The Labute approximate surface area is 103 Å². The van der Waals surface area contributed by atoms with E-state index in [1.807, 2.05) is 0 Å². The Kier molecular flexibility index (Phi) is 2.59. The Bertz CT molecular complexity index is 494. The van der Waals surface area contributed by atoms with E-state index in [4.69, 9.17) is 14.3 Å². The van der Waals surface area contributed by atoms with E-state index in [-0.39, 0.29) is 35.5 Å². The minimum absolute atomic E-state index is 0.00891. The van der Waals surface area contributed by atoms with Crippen molar-refractivity contribution >= 4 is 11.9 Å². The molecule has 1 amide bonds. The fourth-order valence-electron chi connectivity index (χ4n) is 2.60. The van der Waals surface area contributed by atoms with Gasteiger partial charge in [-0.05, 0) is 19.3 Å². The van der Waals surface area contributed by atoms with Crippen LogP contribution >= 0.6 is 0 Å². The van der Waals surface area contributed by atoms with E-state index < -0.39 is 5.97 Å². The van der Waals surface area contributed by atoms with Crippen LogP contribution in [0.25, 0.3) is 0 Å². The third kappa shape index (κ3) is 1.88. The van der Waals surface area contributed by atoms with Gasteiger partial charge in [0.15, 0.2) is 5.76 Å². The minimum atomic E-state index is -1.11. The van der Waals surface area contributed by atoms with Gasteiger partial charge < -0.3 is 19.6 Å².